The first-order valence-corrected chi connectivity index (χ1v) is 6.52. The number of hydrogen-bond donors (Lipinski definition) is 0. The molecule has 1 unspecified atom stereocenters. The molecule has 14 heavy (non-hydrogen) atoms. The van der Waals surface area contributed by atoms with E-state index in [1.165, 1.54) is 5.56 Å². The highest BCUT2D eigenvalue weighted by Crippen LogP contribution is 2.23. The lowest BCUT2D eigenvalue weighted by Crippen LogP contribution is -2.11. The fourth-order valence-electron chi connectivity index (χ4n) is 1.21. The second-order valence-electron chi connectivity index (χ2n) is 3.38. The van der Waals surface area contributed by atoms with E-state index in [2.05, 4.69) is 57.8 Å². The minimum absolute atomic E-state index is 0.142. The molecule has 0 aliphatic rings. The molecule has 0 aliphatic heterocycles. The molecule has 1 rings (SSSR count). The fourth-order valence-corrected chi connectivity index (χ4v) is 2.00. The fraction of sp³-hybridized carbons (Fsp3) is 0.455. The summed E-state index contributed by atoms with van der Waals surface area (Å²) in [4.78, 5) is 0. The SMILES string of the molecule is CC(C)OC(CBr)c1ccc(Br)cc1. The summed E-state index contributed by atoms with van der Waals surface area (Å²) in [6.07, 6.45) is 0.393. The van der Waals surface area contributed by atoms with Gasteiger partial charge in [-0.15, -0.1) is 0 Å². The minimum atomic E-state index is 0.142. The maximum Gasteiger partial charge on any atom is 0.0925 e. The van der Waals surface area contributed by atoms with Crippen LogP contribution < -0.4 is 0 Å². The predicted molar refractivity (Wildman–Crippen MR) is 66.9 cm³/mol. The molecule has 0 amide bonds. The molecular weight excluding hydrogens is 308 g/mol. The van der Waals surface area contributed by atoms with Crippen LogP contribution in [0.25, 0.3) is 0 Å². The molecule has 3 heteroatoms. The molecule has 0 saturated heterocycles. The highest BCUT2D eigenvalue weighted by molar-refractivity contribution is 9.10. The first-order valence-electron chi connectivity index (χ1n) is 4.60. The highest BCUT2D eigenvalue weighted by atomic mass is 79.9. The van der Waals surface area contributed by atoms with Gasteiger partial charge in [0.1, 0.15) is 0 Å². The first-order chi connectivity index (χ1) is 6.63. The van der Waals surface area contributed by atoms with Gasteiger partial charge >= 0.3 is 0 Å². The van der Waals surface area contributed by atoms with E-state index in [1.54, 1.807) is 0 Å². The Morgan fingerprint density at radius 1 is 1.21 bits per heavy atom. The third-order valence-corrected chi connectivity index (χ3v) is 2.94. The third-order valence-electron chi connectivity index (χ3n) is 1.82. The molecule has 0 fully saturated rings. The van der Waals surface area contributed by atoms with Gasteiger partial charge in [0, 0.05) is 9.80 Å². The van der Waals surface area contributed by atoms with Crippen molar-refractivity contribution in [1.82, 2.24) is 0 Å². The summed E-state index contributed by atoms with van der Waals surface area (Å²) in [5.74, 6) is 0. The molecule has 1 nitrogen and oxygen atoms in total. The van der Waals surface area contributed by atoms with Crippen LogP contribution in [0, 0.1) is 0 Å². The first kappa shape index (κ1) is 12.2. The Hall–Kier alpha value is 0.140. The van der Waals surface area contributed by atoms with Crippen molar-refractivity contribution in [3.05, 3.63) is 34.3 Å². The van der Waals surface area contributed by atoms with Crippen molar-refractivity contribution in [2.45, 2.75) is 26.1 Å². The molecule has 1 atom stereocenters. The smallest absolute Gasteiger partial charge is 0.0925 e. The molecule has 0 aromatic heterocycles. The van der Waals surface area contributed by atoms with Crippen molar-refractivity contribution in [2.24, 2.45) is 0 Å². The third kappa shape index (κ3) is 3.71. The van der Waals surface area contributed by atoms with Crippen LogP contribution in [-0.2, 0) is 4.74 Å². The summed E-state index contributed by atoms with van der Waals surface area (Å²) in [5.41, 5.74) is 1.21. The Kier molecular flexibility index (Phi) is 5.13. The van der Waals surface area contributed by atoms with Crippen LogP contribution in [0.3, 0.4) is 0 Å². The van der Waals surface area contributed by atoms with E-state index in [1.807, 2.05) is 12.1 Å². The number of rotatable bonds is 4. The summed E-state index contributed by atoms with van der Waals surface area (Å²) < 4.78 is 6.86. The van der Waals surface area contributed by atoms with E-state index in [-0.39, 0.29) is 12.2 Å². The monoisotopic (exact) mass is 320 g/mol. The van der Waals surface area contributed by atoms with Crippen LogP contribution in [0.5, 0.6) is 0 Å². The number of benzene rings is 1. The Morgan fingerprint density at radius 3 is 2.21 bits per heavy atom. The zero-order valence-corrected chi connectivity index (χ0v) is 11.5. The maximum atomic E-state index is 5.76. The zero-order chi connectivity index (χ0) is 10.6. The molecule has 0 heterocycles. The number of alkyl halides is 1. The van der Waals surface area contributed by atoms with Crippen LogP contribution in [0.1, 0.15) is 25.5 Å². The van der Waals surface area contributed by atoms with Crippen LogP contribution in [0.2, 0.25) is 0 Å². The largest absolute Gasteiger partial charge is 0.370 e. The van der Waals surface area contributed by atoms with Gasteiger partial charge < -0.3 is 4.74 Å². The van der Waals surface area contributed by atoms with Gasteiger partial charge in [-0.05, 0) is 31.5 Å². The lowest BCUT2D eigenvalue weighted by Gasteiger charge is -2.18. The summed E-state index contributed by atoms with van der Waals surface area (Å²) in [6.45, 7) is 4.10. The van der Waals surface area contributed by atoms with E-state index in [4.69, 9.17) is 4.74 Å². The van der Waals surface area contributed by atoms with E-state index >= 15 is 0 Å². The molecule has 0 N–H and O–H groups in total. The van der Waals surface area contributed by atoms with E-state index in [0.29, 0.717) is 0 Å². The van der Waals surface area contributed by atoms with Gasteiger partial charge in [-0.2, -0.15) is 0 Å². The molecule has 0 bridgehead atoms. The normalized spacial score (nSPS) is 13.2. The average Bonchev–Trinajstić information content (AvgIpc) is 2.15. The summed E-state index contributed by atoms with van der Waals surface area (Å²) in [5, 5.41) is 0.826. The van der Waals surface area contributed by atoms with Crippen molar-refractivity contribution in [2.75, 3.05) is 5.33 Å². The Labute approximate surface area is 102 Å². The Balaban J connectivity index is 2.73. The van der Waals surface area contributed by atoms with Gasteiger partial charge in [-0.1, -0.05) is 44.0 Å². The summed E-state index contributed by atoms with van der Waals surface area (Å²) in [7, 11) is 0. The number of ether oxygens (including phenoxy) is 1. The van der Waals surface area contributed by atoms with Crippen molar-refractivity contribution in [3.8, 4) is 0 Å². The lowest BCUT2D eigenvalue weighted by atomic mass is 10.1. The van der Waals surface area contributed by atoms with Gasteiger partial charge in [-0.3, -0.25) is 0 Å². The Bertz CT molecular complexity index is 269. The van der Waals surface area contributed by atoms with Crippen LogP contribution in [-0.4, -0.2) is 11.4 Å². The predicted octanol–water partition coefficient (Wildman–Crippen LogP) is 4.31. The van der Waals surface area contributed by atoms with Crippen LogP contribution >= 0.6 is 31.9 Å². The van der Waals surface area contributed by atoms with Crippen LogP contribution in [0.4, 0.5) is 0 Å². The highest BCUT2D eigenvalue weighted by Gasteiger charge is 2.11. The quantitative estimate of drug-likeness (QED) is 0.751. The van der Waals surface area contributed by atoms with E-state index in [0.717, 1.165) is 9.80 Å². The van der Waals surface area contributed by atoms with E-state index < -0.39 is 0 Å². The summed E-state index contributed by atoms with van der Waals surface area (Å²) in [6, 6.07) is 8.24. The van der Waals surface area contributed by atoms with Gasteiger partial charge in [0.25, 0.3) is 0 Å². The molecule has 1 aromatic carbocycles. The molecule has 78 valence electrons. The standard InChI is InChI=1S/C11H14Br2O/c1-8(2)14-11(7-12)9-3-5-10(13)6-4-9/h3-6,8,11H,7H2,1-2H3. The van der Waals surface area contributed by atoms with Gasteiger partial charge in [0.05, 0.1) is 12.2 Å². The molecule has 0 aliphatic carbocycles. The lowest BCUT2D eigenvalue weighted by molar-refractivity contribution is 0.0214. The zero-order valence-electron chi connectivity index (χ0n) is 8.34. The van der Waals surface area contributed by atoms with Gasteiger partial charge in [-0.25, -0.2) is 0 Å². The molecule has 0 saturated carbocycles. The molecular formula is C11H14Br2O. The van der Waals surface area contributed by atoms with Crippen molar-refractivity contribution in [1.29, 1.82) is 0 Å². The molecule has 0 radical (unpaired) electrons. The summed E-state index contributed by atoms with van der Waals surface area (Å²) >= 11 is 6.88. The van der Waals surface area contributed by atoms with Gasteiger partial charge in [0.2, 0.25) is 0 Å². The van der Waals surface area contributed by atoms with Crippen molar-refractivity contribution in [3.63, 3.8) is 0 Å². The topological polar surface area (TPSA) is 9.23 Å². The average molecular weight is 322 g/mol. The van der Waals surface area contributed by atoms with Gasteiger partial charge in [0.15, 0.2) is 0 Å². The Morgan fingerprint density at radius 2 is 1.79 bits per heavy atom. The maximum absolute atomic E-state index is 5.76. The number of hydrogen-bond acceptors (Lipinski definition) is 1. The van der Waals surface area contributed by atoms with Crippen molar-refractivity contribution >= 4 is 31.9 Å². The van der Waals surface area contributed by atoms with Crippen molar-refractivity contribution < 1.29 is 4.74 Å². The molecule has 0 spiro atoms. The van der Waals surface area contributed by atoms with Crippen LogP contribution in [0.15, 0.2) is 28.7 Å². The number of halogens is 2. The minimum Gasteiger partial charge on any atom is -0.370 e. The second-order valence-corrected chi connectivity index (χ2v) is 4.94. The second kappa shape index (κ2) is 5.89. The molecule has 1 aromatic rings. The van der Waals surface area contributed by atoms with E-state index in [9.17, 15) is 0 Å².